The van der Waals surface area contributed by atoms with E-state index in [1.54, 1.807) is 6.07 Å². The minimum atomic E-state index is 0.230. The number of rotatable bonds is 8. The topological polar surface area (TPSA) is 112 Å². The molecule has 1 aromatic heterocycles. The van der Waals surface area contributed by atoms with Gasteiger partial charge in [0.1, 0.15) is 0 Å². The van der Waals surface area contributed by atoms with E-state index in [9.17, 15) is 5.11 Å². The molecule has 8 heteroatoms. The summed E-state index contributed by atoms with van der Waals surface area (Å²) in [4.78, 5) is 6.81. The fourth-order valence-electron chi connectivity index (χ4n) is 4.70. The molecule has 0 unspecified atom stereocenters. The molecule has 3 aromatic carbocycles. The Balaban J connectivity index is 1.25. The first-order chi connectivity index (χ1) is 18.7. The molecular formula is C30H33N7O. The highest BCUT2D eigenvalue weighted by Gasteiger charge is 2.20. The van der Waals surface area contributed by atoms with E-state index in [2.05, 4.69) is 55.0 Å². The van der Waals surface area contributed by atoms with Crippen molar-refractivity contribution in [1.82, 2.24) is 10.2 Å². The number of para-hydroxylation sites is 3. The number of nitrogens with two attached hydrogens (primary N) is 1. The zero-order chi connectivity index (χ0) is 26.2. The minimum Gasteiger partial charge on any atom is -0.396 e. The number of benzene rings is 3. The van der Waals surface area contributed by atoms with E-state index in [1.165, 1.54) is 11.3 Å². The van der Waals surface area contributed by atoms with Crippen molar-refractivity contribution in [1.29, 1.82) is 0 Å². The van der Waals surface area contributed by atoms with Crippen molar-refractivity contribution in [2.24, 2.45) is 16.6 Å². The van der Waals surface area contributed by atoms with Crippen LogP contribution < -0.4 is 21.3 Å². The summed E-state index contributed by atoms with van der Waals surface area (Å²) in [6.45, 7) is 2.86. The second-order valence-electron chi connectivity index (χ2n) is 9.41. The molecule has 0 amide bonds. The van der Waals surface area contributed by atoms with Crippen molar-refractivity contribution in [2.45, 2.75) is 19.4 Å². The van der Waals surface area contributed by atoms with Crippen molar-refractivity contribution >= 4 is 28.8 Å². The highest BCUT2D eigenvalue weighted by molar-refractivity contribution is 5.96. The summed E-state index contributed by atoms with van der Waals surface area (Å²) >= 11 is 0. The molecule has 1 fully saturated rings. The fraction of sp³-hybridized carbons (Fsp3) is 0.233. The van der Waals surface area contributed by atoms with Crippen LogP contribution in [0.2, 0.25) is 0 Å². The van der Waals surface area contributed by atoms with Gasteiger partial charge in [0, 0.05) is 37.5 Å². The van der Waals surface area contributed by atoms with Crippen molar-refractivity contribution < 1.29 is 5.11 Å². The number of piperidine rings is 1. The van der Waals surface area contributed by atoms with Gasteiger partial charge < -0.3 is 26.4 Å². The third-order valence-electron chi connectivity index (χ3n) is 6.82. The molecule has 0 aliphatic carbocycles. The van der Waals surface area contributed by atoms with Crippen molar-refractivity contribution in [3.05, 3.63) is 96.6 Å². The summed E-state index contributed by atoms with van der Waals surface area (Å²) in [5.41, 5.74) is 12.2. The predicted molar refractivity (Wildman–Crippen MR) is 155 cm³/mol. The number of aromatic nitrogens is 2. The molecule has 38 heavy (non-hydrogen) atoms. The molecule has 194 valence electrons. The standard InChI is InChI=1S/C30H33N7O/c31-30(34-29-15-14-25(35-36-29)23-8-2-1-3-9-23)33-27-12-6-5-11-26(27)32-20-24-10-4-7-13-28(24)37-18-16-22(21-38)17-19-37/h1-15,22,32,38H,16-21H2,(H3,31,33,34,36). The van der Waals surface area contributed by atoms with E-state index in [0.717, 1.165) is 48.6 Å². The second kappa shape index (κ2) is 12.2. The monoisotopic (exact) mass is 507 g/mol. The van der Waals surface area contributed by atoms with Crippen molar-refractivity contribution in [3.63, 3.8) is 0 Å². The Morgan fingerprint density at radius 1 is 0.868 bits per heavy atom. The van der Waals surface area contributed by atoms with Crippen molar-refractivity contribution in [2.75, 3.05) is 35.2 Å². The number of nitrogens with zero attached hydrogens (tertiary/aromatic N) is 4. The van der Waals surface area contributed by atoms with Crippen LogP contribution in [0.5, 0.6) is 0 Å². The van der Waals surface area contributed by atoms with Crippen LogP contribution in [-0.4, -0.2) is 41.0 Å². The highest BCUT2D eigenvalue weighted by Crippen LogP contribution is 2.28. The molecule has 2 heterocycles. The lowest BCUT2D eigenvalue weighted by Crippen LogP contribution is -2.35. The smallest absolute Gasteiger partial charge is 0.199 e. The summed E-state index contributed by atoms with van der Waals surface area (Å²) in [6.07, 6.45) is 2.03. The summed E-state index contributed by atoms with van der Waals surface area (Å²) in [7, 11) is 0. The zero-order valence-corrected chi connectivity index (χ0v) is 21.3. The van der Waals surface area contributed by atoms with Gasteiger partial charge in [-0.05, 0) is 54.7 Å². The van der Waals surface area contributed by atoms with Crippen LogP contribution >= 0.6 is 0 Å². The van der Waals surface area contributed by atoms with Gasteiger partial charge in [0.2, 0.25) is 0 Å². The Labute approximate surface area is 223 Å². The molecule has 0 bridgehead atoms. The van der Waals surface area contributed by atoms with E-state index >= 15 is 0 Å². The van der Waals surface area contributed by atoms with Gasteiger partial charge >= 0.3 is 0 Å². The number of aliphatic imine (C=N–C) groups is 1. The lowest BCUT2D eigenvalue weighted by atomic mass is 9.97. The summed E-state index contributed by atoms with van der Waals surface area (Å²) < 4.78 is 0. The maximum Gasteiger partial charge on any atom is 0.199 e. The largest absolute Gasteiger partial charge is 0.396 e. The number of aliphatic hydroxyl groups excluding tert-OH is 1. The minimum absolute atomic E-state index is 0.230. The lowest BCUT2D eigenvalue weighted by molar-refractivity contribution is 0.203. The maximum atomic E-state index is 9.48. The first kappa shape index (κ1) is 25.2. The number of hydrogen-bond donors (Lipinski definition) is 4. The molecule has 1 saturated heterocycles. The average molecular weight is 508 g/mol. The molecule has 0 atom stereocenters. The third-order valence-corrected chi connectivity index (χ3v) is 6.82. The number of hydrogen-bond acceptors (Lipinski definition) is 6. The Kier molecular flexibility index (Phi) is 8.10. The number of anilines is 3. The Bertz CT molecular complexity index is 1350. The zero-order valence-electron chi connectivity index (χ0n) is 21.3. The first-order valence-electron chi connectivity index (χ1n) is 13.0. The summed E-state index contributed by atoms with van der Waals surface area (Å²) in [5, 5.41) is 24.7. The van der Waals surface area contributed by atoms with E-state index in [0.29, 0.717) is 18.3 Å². The highest BCUT2D eigenvalue weighted by atomic mass is 16.3. The average Bonchev–Trinajstić information content (AvgIpc) is 2.98. The van der Waals surface area contributed by atoms with E-state index < -0.39 is 0 Å². The van der Waals surface area contributed by atoms with Crippen LogP contribution in [0.15, 0.2) is 96.0 Å². The Morgan fingerprint density at radius 2 is 1.58 bits per heavy atom. The van der Waals surface area contributed by atoms with Gasteiger partial charge in [-0.3, -0.25) is 0 Å². The van der Waals surface area contributed by atoms with Crippen molar-refractivity contribution in [3.8, 4) is 11.3 Å². The third kappa shape index (κ3) is 6.27. The molecule has 5 N–H and O–H groups in total. The molecule has 5 rings (SSSR count). The summed E-state index contributed by atoms with van der Waals surface area (Å²) in [5.74, 6) is 1.07. The van der Waals surface area contributed by atoms with Crippen LogP contribution in [0, 0.1) is 5.92 Å². The van der Waals surface area contributed by atoms with Crippen LogP contribution in [0.1, 0.15) is 18.4 Å². The van der Waals surface area contributed by atoms with Crippen LogP contribution in [-0.2, 0) is 6.54 Å². The molecule has 4 aromatic rings. The molecule has 0 spiro atoms. The molecule has 1 aliphatic rings. The Morgan fingerprint density at radius 3 is 2.32 bits per heavy atom. The molecule has 0 radical (unpaired) electrons. The van der Waals surface area contributed by atoms with Crippen LogP contribution in [0.25, 0.3) is 11.3 Å². The van der Waals surface area contributed by atoms with Gasteiger partial charge in [-0.25, -0.2) is 0 Å². The molecular weight excluding hydrogens is 474 g/mol. The van der Waals surface area contributed by atoms with Crippen LogP contribution in [0.3, 0.4) is 0 Å². The fourth-order valence-corrected chi connectivity index (χ4v) is 4.70. The van der Waals surface area contributed by atoms with E-state index in [1.807, 2.05) is 60.7 Å². The first-order valence-corrected chi connectivity index (χ1v) is 13.0. The molecule has 8 nitrogen and oxygen atoms in total. The van der Waals surface area contributed by atoms with Crippen LogP contribution in [0.4, 0.5) is 22.9 Å². The van der Waals surface area contributed by atoms with Gasteiger partial charge in [-0.2, -0.15) is 4.99 Å². The maximum absolute atomic E-state index is 9.48. The van der Waals surface area contributed by atoms with Gasteiger partial charge in [0.25, 0.3) is 0 Å². The molecule has 1 aliphatic heterocycles. The van der Waals surface area contributed by atoms with Gasteiger partial charge in [0.15, 0.2) is 11.8 Å². The Hall–Kier alpha value is -4.43. The lowest BCUT2D eigenvalue weighted by Gasteiger charge is -2.34. The van der Waals surface area contributed by atoms with Gasteiger partial charge in [0.05, 0.1) is 17.1 Å². The number of guanidine groups is 1. The predicted octanol–water partition coefficient (Wildman–Crippen LogP) is 5.02. The second-order valence-corrected chi connectivity index (χ2v) is 9.41. The quantitative estimate of drug-likeness (QED) is 0.196. The van der Waals surface area contributed by atoms with E-state index in [-0.39, 0.29) is 12.6 Å². The normalized spacial score (nSPS) is 14.3. The summed E-state index contributed by atoms with van der Waals surface area (Å²) in [6, 6.07) is 30.0. The van der Waals surface area contributed by atoms with Gasteiger partial charge in [-0.1, -0.05) is 60.7 Å². The molecule has 0 saturated carbocycles. The number of nitrogens with one attached hydrogen (secondary N) is 2. The van der Waals surface area contributed by atoms with E-state index in [4.69, 9.17) is 5.73 Å². The number of aliphatic hydroxyl groups is 1. The SMILES string of the molecule is NC(=Nc1ccc(-c2ccccc2)nn1)Nc1ccccc1NCc1ccccc1N1CCC(CO)CC1. The van der Waals surface area contributed by atoms with Gasteiger partial charge in [-0.15, -0.1) is 10.2 Å².